The van der Waals surface area contributed by atoms with E-state index < -0.39 is 6.04 Å². The lowest BCUT2D eigenvalue weighted by molar-refractivity contribution is -0.113. The van der Waals surface area contributed by atoms with Gasteiger partial charge in [-0.15, -0.1) is 0 Å². The standard InChI is InChI=1S/C23H23N5O3/c1-15-21(22(29)27-18-13-17(30-2)10-12-20(18)31-3)19(28-23(26-15)24-14-25-28)11-9-16-7-5-4-6-8-16/h4-14,19H,1-3H3,(H,27,29)(H,24,25,26)/b11-9+/t19-/m1/s1. The number of hydrogen-bond donors (Lipinski definition) is 2. The van der Waals surface area contributed by atoms with Gasteiger partial charge in [-0.05, 0) is 24.6 Å². The molecule has 0 aliphatic carbocycles. The van der Waals surface area contributed by atoms with Crippen molar-refractivity contribution >= 4 is 23.6 Å². The summed E-state index contributed by atoms with van der Waals surface area (Å²) in [6.45, 7) is 1.85. The first-order valence-corrected chi connectivity index (χ1v) is 9.74. The van der Waals surface area contributed by atoms with Gasteiger partial charge in [-0.25, -0.2) is 4.68 Å². The first-order chi connectivity index (χ1) is 15.1. The summed E-state index contributed by atoms with van der Waals surface area (Å²) in [5.74, 6) is 1.45. The second-order valence-corrected chi connectivity index (χ2v) is 6.93. The molecule has 0 unspecified atom stereocenters. The lowest BCUT2D eigenvalue weighted by atomic mass is 10.0. The Bertz CT molecular complexity index is 1150. The van der Waals surface area contributed by atoms with Crippen molar-refractivity contribution in [1.82, 2.24) is 14.8 Å². The zero-order valence-corrected chi connectivity index (χ0v) is 17.5. The van der Waals surface area contributed by atoms with Gasteiger partial charge in [0.25, 0.3) is 5.91 Å². The van der Waals surface area contributed by atoms with Crippen LogP contribution < -0.4 is 20.1 Å². The lowest BCUT2D eigenvalue weighted by Gasteiger charge is -2.26. The second kappa shape index (κ2) is 8.74. The largest absolute Gasteiger partial charge is 0.497 e. The number of methoxy groups -OCH3 is 2. The van der Waals surface area contributed by atoms with Gasteiger partial charge in [0.2, 0.25) is 5.95 Å². The fourth-order valence-electron chi connectivity index (χ4n) is 3.47. The molecular weight excluding hydrogens is 394 g/mol. The maximum absolute atomic E-state index is 13.4. The number of rotatable bonds is 6. The first kappa shape index (κ1) is 20.2. The van der Waals surface area contributed by atoms with E-state index in [0.717, 1.165) is 5.56 Å². The molecule has 1 aliphatic rings. The molecule has 8 heteroatoms. The van der Waals surface area contributed by atoms with Crippen LogP contribution in [0.3, 0.4) is 0 Å². The molecule has 0 radical (unpaired) electrons. The molecule has 2 aromatic carbocycles. The van der Waals surface area contributed by atoms with Gasteiger partial charge in [0.1, 0.15) is 23.9 Å². The van der Waals surface area contributed by atoms with E-state index in [9.17, 15) is 4.79 Å². The third-order valence-electron chi connectivity index (χ3n) is 5.01. The summed E-state index contributed by atoms with van der Waals surface area (Å²) in [6.07, 6.45) is 5.37. The molecule has 158 valence electrons. The fourth-order valence-corrected chi connectivity index (χ4v) is 3.47. The van der Waals surface area contributed by atoms with E-state index >= 15 is 0 Å². The minimum absolute atomic E-state index is 0.277. The lowest BCUT2D eigenvalue weighted by Crippen LogP contribution is -2.30. The molecule has 0 bridgehead atoms. The maximum Gasteiger partial charge on any atom is 0.255 e. The van der Waals surface area contributed by atoms with Crippen LogP contribution in [0.1, 0.15) is 18.5 Å². The van der Waals surface area contributed by atoms with Crippen LogP contribution in [-0.4, -0.2) is 34.9 Å². The number of fused-ring (bicyclic) bond motifs is 1. The number of hydrogen-bond acceptors (Lipinski definition) is 6. The zero-order chi connectivity index (χ0) is 21.8. The van der Waals surface area contributed by atoms with Gasteiger partial charge in [-0.3, -0.25) is 4.79 Å². The van der Waals surface area contributed by atoms with E-state index in [1.807, 2.05) is 49.4 Å². The molecule has 2 N–H and O–H groups in total. The highest BCUT2D eigenvalue weighted by Gasteiger charge is 2.30. The average Bonchev–Trinajstić information content (AvgIpc) is 3.25. The van der Waals surface area contributed by atoms with Gasteiger partial charge in [0.15, 0.2) is 0 Å². The van der Waals surface area contributed by atoms with Gasteiger partial charge in [-0.1, -0.05) is 42.5 Å². The molecule has 0 saturated heterocycles. The smallest absolute Gasteiger partial charge is 0.255 e. The molecule has 1 aliphatic heterocycles. The van der Waals surface area contributed by atoms with Crippen LogP contribution in [0.5, 0.6) is 11.5 Å². The number of allylic oxidation sites excluding steroid dienone is 2. The second-order valence-electron chi connectivity index (χ2n) is 6.93. The highest BCUT2D eigenvalue weighted by molar-refractivity contribution is 6.06. The monoisotopic (exact) mass is 417 g/mol. The Morgan fingerprint density at radius 2 is 1.97 bits per heavy atom. The number of amides is 1. The predicted molar refractivity (Wildman–Crippen MR) is 119 cm³/mol. The van der Waals surface area contributed by atoms with Crippen molar-refractivity contribution in [2.75, 3.05) is 24.9 Å². The Kier molecular flexibility index (Phi) is 5.70. The Hall–Kier alpha value is -4.07. The molecule has 2 heterocycles. The number of carbonyl (C=O) groups is 1. The molecule has 0 saturated carbocycles. The minimum Gasteiger partial charge on any atom is -0.497 e. The average molecular weight is 417 g/mol. The number of aromatic nitrogens is 3. The van der Waals surface area contributed by atoms with Crippen molar-refractivity contribution in [3.63, 3.8) is 0 Å². The summed E-state index contributed by atoms with van der Waals surface area (Å²) >= 11 is 0. The number of carbonyl (C=O) groups excluding carboxylic acids is 1. The number of anilines is 2. The van der Waals surface area contributed by atoms with Crippen molar-refractivity contribution in [1.29, 1.82) is 0 Å². The van der Waals surface area contributed by atoms with Crippen LogP contribution >= 0.6 is 0 Å². The summed E-state index contributed by atoms with van der Waals surface area (Å²) in [5.41, 5.74) is 2.76. The number of nitrogens with zero attached hydrogens (tertiary/aromatic N) is 3. The molecule has 0 fully saturated rings. The predicted octanol–water partition coefficient (Wildman–Crippen LogP) is 3.89. The molecule has 0 spiro atoms. The van der Waals surface area contributed by atoms with E-state index in [0.29, 0.717) is 34.4 Å². The quantitative estimate of drug-likeness (QED) is 0.632. The van der Waals surface area contributed by atoms with Crippen LogP contribution in [0.15, 0.2) is 72.2 Å². The van der Waals surface area contributed by atoms with Gasteiger partial charge in [0, 0.05) is 11.8 Å². The van der Waals surface area contributed by atoms with Crippen LogP contribution in [-0.2, 0) is 4.79 Å². The van der Waals surface area contributed by atoms with Gasteiger partial charge in [-0.2, -0.15) is 10.1 Å². The Balaban J connectivity index is 1.69. The third-order valence-corrected chi connectivity index (χ3v) is 5.01. The Morgan fingerprint density at radius 3 is 2.71 bits per heavy atom. The molecule has 1 amide bonds. The van der Waals surface area contributed by atoms with Gasteiger partial charge in [0.05, 0.1) is 25.5 Å². The summed E-state index contributed by atoms with van der Waals surface area (Å²) in [6, 6.07) is 14.7. The van der Waals surface area contributed by atoms with Crippen LogP contribution in [0.25, 0.3) is 6.08 Å². The molecule has 1 aromatic heterocycles. The van der Waals surface area contributed by atoms with E-state index in [4.69, 9.17) is 9.47 Å². The van der Waals surface area contributed by atoms with Crippen LogP contribution in [0, 0.1) is 0 Å². The normalized spacial score (nSPS) is 15.4. The van der Waals surface area contributed by atoms with Crippen molar-refractivity contribution in [3.05, 3.63) is 77.8 Å². The van der Waals surface area contributed by atoms with E-state index in [-0.39, 0.29) is 5.91 Å². The van der Waals surface area contributed by atoms with E-state index in [2.05, 4.69) is 20.7 Å². The highest BCUT2D eigenvalue weighted by atomic mass is 16.5. The summed E-state index contributed by atoms with van der Waals surface area (Å²) < 4.78 is 12.4. The van der Waals surface area contributed by atoms with E-state index in [1.54, 1.807) is 37.1 Å². The van der Waals surface area contributed by atoms with E-state index in [1.165, 1.54) is 6.33 Å². The maximum atomic E-state index is 13.4. The topological polar surface area (TPSA) is 90.3 Å². The van der Waals surface area contributed by atoms with Gasteiger partial charge < -0.3 is 20.1 Å². The third kappa shape index (κ3) is 4.13. The van der Waals surface area contributed by atoms with Crippen molar-refractivity contribution in [3.8, 4) is 11.5 Å². The summed E-state index contributed by atoms with van der Waals surface area (Å²) in [4.78, 5) is 17.6. The zero-order valence-electron chi connectivity index (χ0n) is 17.5. The first-order valence-electron chi connectivity index (χ1n) is 9.74. The van der Waals surface area contributed by atoms with Gasteiger partial charge >= 0.3 is 0 Å². The molecule has 8 nitrogen and oxygen atoms in total. The van der Waals surface area contributed by atoms with Crippen LogP contribution in [0.4, 0.5) is 11.6 Å². The van der Waals surface area contributed by atoms with Crippen LogP contribution in [0.2, 0.25) is 0 Å². The fraction of sp³-hybridized carbons (Fsp3) is 0.174. The Morgan fingerprint density at radius 1 is 1.16 bits per heavy atom. The summed E-state index contributed by atoms with van der Waals surface area (Å²) in [5, 5.41) is 10.4. The SMILES string of the molecule is COc1ccc(OC)c(NC(=O)C2=C(C)Nc3ncnn3[C@@H]2/C=C/c2ccccc2)c1. The van der Waals surface area contributed by atoms with Crippen molar-refractivity contribution in [2.24, 2.45) is 0 Å². The number of ether oxygens (including phenoxy) is 2. The molecule has 3 aromatic rings. The molecule has 4 rings (SSSR count). The molecular formula is C23H23N5O3. The minimum atomic E-state index is -0.435. The molecule has 1 atom stereocenters. The Labute approximate surface area is 180 Å². The summed E-state index contributed by atoms with van der Waals surface area (Å²) in [7, 11) is 3.12. The highest BCUT2D eigenvalue weighted by Crippen LogP contribution is 2.34. The van der Waals surface area contributed by atoms with Crippen molar-refractivity contribution in [2.45, 2.75) is 13.0 Å². The van der Waals surface area contributed by atoms with Crippen molar-refractivity contribution < 1.29 is 14.3 Å². The number of nitrogens with one attached hydrogen (secondary N) is 2. The number of benzene rings is 2. The molecule has 31 heavy (non-hydrogen) atoms.